The Morgan fingerprint density at radius 2 is 1.94 bits per heavy atom. The van der Waals surface area contributed by atoms with Crippen LogP contribution in [0, 0.1) is 0 Å². The molecule has 0 aromatic heterocycles. The summed E-state index contributed by atoms with van der Waals surface area (Å²) >= 11 is 0. The van der Waals surface area contributed by atoms with Crippen molar-refractivity contribution in [2.75, 3.05) is 32.4 Å². The molecule has 0 spiro atoms. The summed E-state index contributed by atoms with van der Waals surface area (Å²) in [5.41, 5.74) is 0. The molecule has 17 heavy (non-hydrogen) atoms. The number of hydrogen-bond donors (Lipinski definition) is 2. The lowest BCUT2D eigenvalue weighted by Gasteiger charge is -2.30. The molecular weight excluding hydrogens is 242 g/mol. The summed E-state index contributed by atoms with van der Waals surface area (Å²) in [6.07, 6.45) is 2.59. The molecule has 0 bridgehead atoms. The fourth-order valence-electron chi connectivity index (χ4n) is 1.85. The molecule has 1 aliphatic rings. The maximum atomic E-state index is 11.4. The molecule has 6 nitrogen and oxygen atoms in total. The van der Waals surface area contributed by atoms with Crippen LogP contribution in [0.4, 0.5) is 0 Å². The molecule has 0 aromatic rings. The van der Waals surface area contributed by atoms with Gasteiger partial charge in [0.05, 0.1) is 12.8 Å². The summed E-state index contributed by atoms with van der Waals surface area (Å²) in [5.74, 6) is -0.0235. The van der Waals surface area contributed by atoms with E-state index in [1.807, 2.05) is 6.92 Å². The third-order valence-electron chi connectivity index (χ3n) is 2.82. The van der Waals surface area contributed by atoms with E-state index in [0.29, 0.717) is 32.5 Å². The number of carbonyl (C=O) groups is 1. The van der Waals surface area contributed by atoms with Gasteiger partial charge in [-0.2, -0.15) is 0 Å². The molecule has 7 heteroatoms. The number of amides is 1. The van der Waals surface area contributed by atoms with Crippen LogP contribution in [0.5, 0.6) is 0 Å². The van der Waals surface area contributed by atoms with Gasteiger partial charge in [-0.3, -0.25) is 4.79 Å². The van der Waals surface area contributed by atoms with Gasteiger partial charge in [-0.25, -0.2) is 12.7 Å². The Kier molecular flexibility index (Phi) is 5.35. The standard InChI is InChI=1S/C10H21N3O3S/c1-3-11-8-10(14)12-9-4-6-13(7-5-9)17(2,15)16/h9,11H,3-8H2,1-2H3,(H,12,14). The lowest BCUT2D eigenvalue weighted by Crippen LogP contribution is -2.48. The van der Waals surface area contributed by atoms with Gasteiger partial charge in [0.25, 0.3) is 0 Å². The SMILES string of the molecule is CCNCC(=O)NC1CCN(S(C)(=O)=O)CC1. The molecule has 1 amide bonds. The van der Waals surface area contributed by atoms with E-state index in [1.54, 1.807) is 0 Å². The molecule has 0 aliphatic carbocycles. The average Bonchev–Trinajstić information content (AvgIpc) is 2.26. The molecule has 100 valence electrons. The molecule has 2 N–H and O–H groups in total. The number of carbonyl (C=O) groups excluding carboxylic acids is 1. The van der Waals surface area contributed by atoms with Gasteiger partial charge in [-0.05, 0) is 19.4 Å². The maximum absolute atomic E-state index is 11.4. The van der Waals surface area contributed by atoms with Crippen LogP contribution in [-0.2, 0) is 14.8 Å². The Balaban J connectivity index is 2.30. The number of sulfonamides is 1. The highest BCUT2D eigenvalue weighted by Gasteiger charge is 2.25. The summed E-state index contributed by atoms with van der Waals surface area (Å²) in [6.45, 7) is 4.01. The highest BCUT2D eigenvalue weighted by molar-refractivity contribution is 7.88. The van der Waals surface area contributed by atoms with E-state index in [4.69, 9.17) is 0 Å². The highest BCUT2D eigenvalue weighted by Crippen LogP contribution is 2.12. The number of likely N-dealkylation sites (N-methyl/N-ethyl adjacent to an activating group) is 1. The van der Waals surface area contributed by atoms with Gasteiger partial charge in [-0.1, -0.05) is 6.92 Å². The molecule has 1 saturated heterocycles. The van der Waals surface area contributed by atoms with E-state index in [1.165, 1.54) is 10.6 Å². The summed E-state index contributed by atoms with van der Waals surface area (Å²) < 4.78 is 24.0. The third-order valence-corrected chi connectivity index (χ3v) is 4.13. The minimum atomic E-state index is -3.08. The predicted molar refractivity (Wildman–Crippen MR) is 66.1 cm³/mol. The zero-order chi connectivity index (χ0) is 12.9. The van der Waals surface area contributed by atoms with Crippen molar-refractivity contribution in [1.82, 2.24) is 14.9 Å². The monoisotopic (exact) mass is 263 g/mol. The van der Waals surface area contributed by atoms with Gasteiger partial charge in [0.1, 0.15) is 0 Å². The van der Waals surface area contributed by atoms with Gasteiger partial charge < -0.3 is 10.6 Å². The number of nitrogens with zero attached hydrogens (tertiary/aromatic N) is 1. The third kappa shape index (κ3) is 5.01. The Morgan fingerprint density at radius 1 is 1.35 bits per heavy atom. The predicted octanol–water partition coefficient (Wildman–Crippen LogP) is -0.864. The van der Waals surface area contributed by atoms with E-state index in [-0.39, 0.29) is 11.9 Å². The Bertz CT molecular complexity index is 348. The molecule has 0 aromatic carbocycles. The van der Waals surface area contributed by atoms with Crippen molar-refractivity contribution >= 4 is 15.9 Å². The molecule has 1 aliphatic heterocycles. The van der Waals surface area contributed by atoms with Crippen molar-refractivity contribution in [2.45, 2.75) is 25.8 Å². The quantitative estimate of drug-likeness (QED) is 0.676. The van der Waals surface area contributed by atoms with Crippen LogP contribution in [0.1, 0.15) is 19.8 Å². The molecule has 0 unspecified atom stereocenters. The lowest BCUT2D eigenvalue weighted by molar-refractivity contribution is -0.121. The normalized spacial score (nSPS) is 19.2. The number of hydrogen-bond acceptors (Lipinski definition) is 4. The average molecular weight is 263 g/mol. The van der Waals surface area contributed by atoms with Gasteiger partial charge in [0.2, 0.25) is 15.9 Å². The summed E-state index contributed by atoms with van der Waals surface area (Å²) in [5, 5.41) is 5.86. The first-order valence-corrected chi connectivity index (χ1v) is 7.73. The van der Waals surface area contributed by atoms with Crippen LogP contribution in [-0.4, -0.2) is 57.1 Å². The van der Waals surface area contributed by atoms with Crippen molar-refractivity contribution < 1.29 is 13.2 Å². The number of nitrogens with one attached hydrogen (secondary N) is 2. The maximum Gasteiger partial charge on any atom is 0.234 e. The molecular formula is C10H21N3O3S. The van der Waals surface area contributed by atoms with Crippen LogP contribution in [0.25, 0.3) is 0 Å². The second kappa shape index (κ2) is 6.32. The Labute approximate surface area is 103 Å². The van der Waals surface area contributed by atoms with Crippen molar-refractivity contribution in [3.63, 3.8) is 0 Å². The van der Waals surface area contributed by atoms with Crippen LogP contribution >= 0.6 is 0 Å². The first-order valence-electron chi connectivity index (χ1n) is 5.88. The van der Waals surface area contributed by atoms with Crippen molar-refractivity contribution in [2.24, 2.45) is 0 Å². The first-order chi connectivity index (χ1) is 7.93. The molecule has 1 rings (SSSR count). The lowest BCUT2D eigenvalue weighted by atomic mass is 10.1. The van der Waals surface area contributed by atoms with Gasteiger partial charge in [-0.15, -0.1) is 0 Å². The van der Waals surface area contributed by atoms with Crippen LogP contribution in [0.3, 0.4) is 0 Å². The van der Waals surface area contributed by atoms with E-state index in [9.17, 15) is 13.2 Å². The van der Waals surface area contributed by atoms with E-state index in [0.717, 1.165) is 6.54 Å². The minimum Gasteiger partial charge on any atom is -0.352 e. The van der Waals surface area contributed by atoms with Gasteiger partial charge in [0.15, 0.2) is 0 Å². The van der Waals surface area contributed by atoms with Gasteiger partial charge in [0, 0.05) is 19.1 Å². The van der Waals surface area contributed by atoms with Crippen molar-refractivity contribution in [1.29, 1.82) is 0 Å². The van der Waals surface area contributed by atoms with E-state index >= 15 is 0 Å². The molecule has 0 radical (unpaired) electrons. The first kappa shape index (κ1) is 14.4. The summed E-state index contributed by atoms with van der Waals surface area (Å²) in [7, 11) is -3.08. The van der Waals surface area contributed by atoms with Crippen LogP contribution in [0.15, 0.2) is 0 Å². The molecule has 0 saturated carbocycles. The highest BCUT2D eigenvalue weighted by atomic mass is 32.2. The zero-order valence-electron chi connectivity index (χ0n) is 10.4. The second-order valence-electron chi connectivity index (χ2n) is 4.28. The van der Waals surface area contributed by atoms with E-state index in [2.05, 4.69) is 10.6 Å². The Hall–Kier alpha value is -0.660. The topological polar surface area (TPSA) is 78.5 Å². The second-order valence-corrected chi connectivity index (χ2v) is 6.27. The van der Waals surface area contributed by atoms with Crippen LogP contribution < -0.4 is 10.6 Å². The molecule has 0 atom stereocenters. The molecule has 1 fully saturated rings. The fraction of sp³-hybridized carbons (Fsp3) is 0.900. The smallest absolute Gasteiger partial charge is 0.234 e. The minimum absolute atomic E-state index is 0.0235. The Morgan fingerprint density at radius 3 is 2.41 bits per heavy atom. The molecule has 1 heterocycles. The van der Waals surface area contributed by atoms with Gasteiger partial charge >= 0.3 is 0 Å². The van der Waals surface area contributed by atoms with Crippen LogP contribution in [0.2, 0.25) is 0 Å². The zero-order valence-corrected chi connectivity index (χ0v) is 11.2. The van der Waals surface area contributed by atoms with E-state index < -0.39 is 10.0 Å². The van der Waals surface area contributed by atoms with Crippen molar-refractivity contribution in [3.8, 4) is 0 Å². The number of piperidine rings is 1. The number of rotatable bonds is 5. The largest absolute Gasteiger partial charge is 0.352 e. The van der Waals surface area contributed by atoms with Crippen molar-refractivity contribution in [3.05, 3.63) is 0 Å². The summed E-state index contributed by atoms with van der Waals surface area (Å²) in [6, 6.07) is 0.0964. The summed E-state index contributed by atoms with van der Waals surface area (Å²) in [4.78, 5) is 11.4. The fourth-order valence-corrected chi connectivity index (χ4v) is 2.72.